The molecule has 1 saturated carbocycles. The summed E-state index contributed by atoms with van der Waals surface area (Å²) in [6, 6.07) is 5.92. The van der Waals surface area contributed by atoms with Gasteiger partial charge in [0.1, 0.15) is 0 Å². The molecule has 2 rings (SSSR count). The fourth-order valence-corrected chi connectivity index (χ4v) is 4.01. The minimum Gasteiger partial charge on any atom is -0.399 e. The van der Waals surface area contributed by atoms with Gasteiger partial charge in [-0.05, 0) is 49.6 Å². The van der Waals surface area contributed by atoms with Gasteiger partial charge in [0.05, 0.1) is 0 Å². The molecular weight excluding hydrogens is 304 g/mol. The van der Waals surface area contributed by atoms with Crippen LogP contribution in [0.25, 0.3) is 0 Å². The predicted molar refractivity (Wildman–Crippen MR) is 94.5 cm³/mol. The zero-order chi connectivity index (χ0) is 14.7. The average molecular weight is 329 g/mol. The predicted octanol–water partition coefficient (Wildman–Crippen LogP) is 3.75. The highest BCUT2D eigenvalue weighted by Crippen LogP contribution is 2.32. The summed E-state index contributed by atoms with van der Waals surface area (Å²) in [6.45, 7) is 4.16. The summed E-state index contributed by atoms with van der Waals surface area (Å²) in [5.74, 6) is 1.26. The van der Waals surface area contributed by atoms with Crippen molar-refractivity contribution >= 4 is 35.8 Å². The summed E-state index contributed by atoms with van der Waals surface area (Å²) < 4.78 is 0. The lowest BCUT2D eigenvalue weighted by Gasteiger charge is -2.25. The van der Waals surface area contributed by atoms with Crippen LogP contribution in [0.15, 0.2) is 18.2 Å². The summed E-state index contributed by atoms with van der Waals surface area (Å²) >= 11 is 2.02. The molecule has 118 valence electrons. The van der Waals surface area contributed by atoms with Crippen LogP contribution in [0.5, 0.6) is 0 Å². The molecule has 1 aromatic carbocycles. The van der Waals surface area contributed by atoms with Gasteiger partial charge in [-0.1, -0.05) is 13.0 Å². The highest BCUT2D eigenvalue weighted by atomic mass is 35.5. The molecule has 0 aliphatic heterocycles. The molecule has 21 heavy (non-hydrogen) atoms. The molecule has 1 aliphatic rings. The number of nitrogens with two attached hydrogens (primary N) is 1. The van der Waals surface area contributed by atoms with E-state index in [1.807, 2.05) is 42.8 Å². The van der Waals surface area contributed by atoms with Crippen molar-refractivity contribution in [1.29, 1.82) is 0 Å². The maximum atomic E-state index is 12.6. The van der Waals surface area contributed by atoms with Crippen molar-refractivity contribution in [2.75, 3.05) is 18.5 Å². The van der Waals surface area contributed by atoms with E-state index in [1.165, 1.54) is 6.42 Å². The SMILES string of the molecule is CCSC1CCC(N(C)C(=O)c2cc(N)ccc2C)C1.Cl. The summed E-state index contributed by atoms with van der Waals surface area (Å²) in [5.41, 5.74) is 8.19. The van der Waals surface area contributed by atoms with Gasteiger partial charge < -0.3 is 10.6 Å². The Kier molecular flexibility index (Phi) is 6.88. The Morgan fingerprint density at radius 2 is 2.14 bits per heavy atom. The number of amides is 1. The quantitative estimate of drug-likeness (QED) is 0.856. The molecule has 0 bridgehead atoms. The second kappa shape index (κ2) is 7.95. The van der Waals surface area contributed by atoms with E-state index in [9.17, 15) is 4.79 Å². The topological polar surface area (TPSA) is 46.3 Å². The number of aryl methyl sites for hydroxylation is 1. The van der Waals surface area contributed by atoms with Crippen molar-refractivity contribution in [1.82, 2.24) is 4.90 Å². The van der Waals surface area contributed by atoms with Gasteiger partial charge in [-0.3, -0.25) is 4.79 Å². The molecule has 5 heteroatoms. The number of carbonyl (C=O) groups excluding carboxylic acids is 1. The Morgan fingerprint density at radius 1 is 1.43 bits per heavy atom. The number of hydrogen-bond donors (Lipinski definition) is 1. The molecule has 2 atom stereocenters. The minimum atomic E-state index is 0. The van der Waals surface area contributed by atoms with Crippen LogP contribution in [0.1, 0.15) is 42.1 Å². The monoisotopic (exact) mass is 328 g/mol. The molecule has 1 fully saturated rings. The highest BCUT2D eigenvalue weighted by molar-refractivity contribution is 7.99. The third-order valence-electron chi connectivity index (χ3n) is 4.12. The van der Waals surface area contributed by atoms with Gasteiger partial charge >= 0.3 is 0 Å². The maximum absolute atomic E-state index is 12.6. The van der Waals surface area contributed by atoms with Gasteiger partial charge in [0, 0.05) is 29.6 Å². The van der Waals surface area contributed by atoms with Crippen LogP contribution < -0.4 is 5.73 Å². The van der Waals surface area contributed by atoms with Crippen LogP contribution in [-0.4, -0.2) is 34.9 Å². The summed E-state index contributed by atoms with van der Waals surface area (Å²) in [7, 11) is 1.93. The van der Waals surface area contributed by atoms with Gasteiger partial charge in [0.15, 0.2) is 0 Å². The average Bonchev–Trinajstić information content (AvgIpc) is 2.89. The van der Waals surface area contributed by atoms with E-state index in [-0.39, 0.29) is 18.3 Å². The van der Waals surface area contributed by atoms with E-state index >= 15 is 0 Å². The van der Waals surface area contributed by atoms with Crippen molar-refractivity contribution in [3.63, 3.8) is 0 Å². The molecule has 1 amide bonds. The molecule has 3 nitrogen and oxygen atoms in total. The largest absolute Gasteiger partial charge is 0.399 e. The number of nitrogen functional groups attached to an aromatic ring is 1. The molecule has 0 heterocycles. The van der Waals surface area contributed by atoms with Crippen molar-refractivity contribution < 1.29 is 4.79 Å². The normalized spacial score (nSPS) is 20.9. The first kappa shape index (κ1) is 18.2. The van der Waals surface area contributed by atoms with Gasteiger partial charge in [-0.25, -0.2) is 0 Å². The number of rotatable bonds is 4. The first-order valence-corrected chi connectivity index (χ1v) is 8.32. The Balaban J connectivity index is 0.00000220. The van der Waals surface area contributed by atoms with Crippen molar-refractivity contribution in [2.24, 2.45) is 0 Å². The second-order valence-electron chi connectivity index (χ2n) is 5.53. The number of thioether (sulfide) groups is 1. The number of anilines is 1. The summed E-state index contributed by atoms with van der Waals surface area (Å²) in [5, 5.41) is 0.710. The number of halogens is 1. The van der Waals surface area contributed by atoms with Crippen molar-refractivity contribution in [3.8, 4) is 0 Å². The summed E-state index contributed by atoms with van der Waals surface area (Å²) in [4.78, 5) is 14.5. The Labute approximate surface area is 138 Å². The lowest BCUT2D eigenvalue weighted by Crippen LogP contribution is -2.36. The third-order valence-corrected chi connectivity index (χ3v) is 5.35. The fourth-order valence-electron chi connectivity index (χ4n) is 2.88. The minimum absolute atomic E-state index is 0. The van der Waals surface area contributed by atoms with Gasteiger partial charge in [-0.15, -0.1) is 12.4 Å². The van der Waals surface area contributed by atoms with Crippen molar-refractivity contribution in [3.05, 3.63) is 29.3 Å². The fraction of sp³-hybridized carbons (Fsp3) is 0.562. The first-order chi connectivity index (χ1) is 9.52. The van der Waals surface area contributed by atoms with Crippen molar-refractivity contribution in [2.45, 2.75) is 44.4 Å². The third kappa shape index (κ3) is 4.30. The molecule has 0 aromatic heterocycles. The lowest BCUT2D eigenvalue weighted by atomic mass is 10.1. The van der Waals surface area contributed by atoms with E-state index in [2.05, 4.69) is 6.92 Å². The van der Waals surface area contributed by atoms with E-state index in [4.69, 9.17) is 5.73 Å². The molecule has 0 radical (unpaired) electrons. The van der Waals surface area contributed by atoms with E-state index < -0.39 is 0 Å². The van der Waals surface area contributed by atoms with Crippen LogP contribution in [0.3, 0.4) is 0 Å². The van der Waals surface area contributed by atoms with Gasteiger partial charge in [-0.2, -0.15) is 11.8 Å². The lowest BCUT2D eigenvalue weighted by molar-refractivity contribution is 0.0735. The Bertz CT molecular complexity index is 495. The highest BCUT2D eigenvalue weighted by Gasteiger charge is 2.30. The number of carbonyl (C=O) groups is 1. The molecule has 0 saturated heterocycles. The Hall–Kier alpha value is -0.870. The molecule has 2 N–H and O–H groups in total. The van der Waals surface area contributed by atoms with Gasteiger partial charge in [0.25, 0.3) is 5.91 Å². The number of benzene rings is 1. The Morgan fingerprint density at radius 3 is 2.81 bits per heavy atom. The van der Waals surface area contributed by atoms with E-state index in [1.54, 1.807) is 6.07 Å². The summed E-state index contributed by atoms with van der Waals surface area (Å²) in [6.07, 6.45) is 3.44. The molecule has 1 aromatic rings. The molecular formula is C16H25ClN2OS. The maximum Gasteiger partial charge on any atom is 0.254 e. The zero-order valence-corrected chi connectivity index (χ0v) is 14.6. The molecule has 2 unspecified atom stereocenters. The van der Waals surface area contributed by atoms with Crippen LogP contribution in [0.4, 0.5) is 5.69 Å². The van der Waals surface area contributed by atoms with E-state index in [0.29, 0.717) is 17.0 Å². The standard InChI is InChI=1S/C16H24N2OS.ClH/c1-4-20-14-8-7-13(10-14)18(3)16(19)15-9-12(17)6-5-11(15)2;/h5-6,9,13-14H,4,7-8,10,17H2,1-3H3;1H. The molecule has 1 aliphatic carbocycles. The molecule has 0 spiro atoms. The van der Waals surface area contributed by atoms with Crippen LogP contribution in [0, 0.1) is 6.92 Å². The van der Waals surface area contributed by atoms with Crippen LogP contribution >= 0.6 is 24.2 Å². The van der Waals surface area contributed by atoms with Gasteiger partial charge in [0.2, 0.25) is 0 Å². The zero-order valence-electron chi connectivity index (χ0n) is 13.0. The number of hydrogen-bond acceptors (Lipinski definition) is 3. The smallest absolute Gasteiger partial charge is 0.254 e. The van der Waals surface area contributed by atoms with E-state index in [0.717, 1.165) is 29.7 Å². The van der Waals surface area contributed by atoms with Crippen LogP contribution in [0.2, 0.25) is 0 Å². The second-order valence-corrected chi connectivity index (χ2v) is 7.11. The number of nitrogens with zero attached hydrogens (tertiary/aromatic N) is 1. The first-order valence-electron chi connectivity index (χ1n) is 7.27. The van der Waals surface area contributed by atoms with Crippen LogP contribution in [-0.2, 0) is 0 Å².